The van der Waals surface area contributed by atoms with Gasteiger partial charge in [0.05, 0.1) is 35.6 Å². The third-order valence-electron chi connectivity index (χ3n) is 15.7. The lowest BCUT2D eigenvalue weighted by Gasteiger charge is -2.71. The van der Waals surface area contributed by atoms with E-state index in [2.05, 4.69) is 55.4 Å². The zero-order chi connectivity index (χ0) is 32.3. The molecule has 15 atom stereocenters. The van der Waals surface area contributed by atoms with E-state index in [0.717, 1.165) is 57.8 Å². The van der Waals surface area contributed by atoms with Gasteiger partial charge < -0.3 is 35.0 Å². The van der Waals surface area contributed by atoms with Crippen molar-refractivity contribution in [3.05, 3.63) is 0 Å². The molecule has 5 saturated carbocycles. The summed E-state index contributed by atoms with van der Waals surface area (Å²) in [6.45, 7) is 18.8. The van der Waals surface area contributed by atoms with Crippen LogP contribution >= 0.6 is 0 Å². The fourth-order valence-electron chi connectivity index (χ4n) is 13.3. The molecule has 1 aliphatic heterocycles. The van der Waals surface area contributed by atoms with Gasteiger partial charge in [0, 0.05) is 12.5 Å². The van der Waals surface area contributed by atoms with Crippen LogP contribution in [0.5, 0.6) is 0 Å². The second-order valence-corrected chi connectivity index (χ2v) is 18.7. The van der Waals surface area contributed by atoms with Gasteiger partial charge in [-0.2, -0.15) is 0 Å². The standard InChI is InChI=1S/C37H64O7/c1-32(2)13-9-14-37(8,44-32)22-10-16-36(7)28(22)23(39)19-26-34(5)15-12-27(33(3,4)25(34)11-17-35(26,36)6)43-24-18-21(20-38)29(40)31(42)30(24)41/h21-31,38-42H,9-20H2,1-8H3/t21-,22+,23-,24-,25+,26+,27+,28+,29-,30+,31+,34+,35-,36-,37-/m1/s1. The predicted octanol–water partition coefficient (Wildman–Crippen LogP) is 5.23. The van der Waals surface area contributed by atoms with Crippen LogP contribution in [0.4, 0.5) is 0 Å². The zero-order valence-corrected chi connectivity index (χ0v) is 28.9. The highest BCUT2D eigenvalue weighted by Crippen LogP contribution is 2.76. The summed E-state index contributed by atoms with van der Waals surface area (Å²) in [4.78, 5) is 0. The van der Waals surface area contributed by atoms with Crippen LogP contribution in [-0.4, -0.2) is 80.0 Å². The number of fused-ring (bicyclic) bond motifs is 5. The maximum atomic E-state index is 12.2. The van der Waals surface area contributed by atoms with Gasteiger partial charge in [0.1, 0.15) is 12.2 Å². The van der Waals surface area contributed by atoms with Gasteiger partial charge in [-0.15, -0.1) is 0 Å². The average Bonchev–Trinajstić information content (AvgIpc) is 3.32. The Morgan fingerprint density at radius 2 is 1.39 bits per heavy atom. The van der Waals surface area contributed by atoms with Gasteiger partial charge in [0.15, 0.2) is 0 Å². The Hall–Kier alpha value is -0.280. The minimum Gasteiger partial charge on any atom is -0.396 e. The van der Waals surface area contributed by atoms with Crippen molar-refractivity contribution in [1.82, 2.24) is 0 Å². The lowest BCUT2D eigenvalue weighted by molar-refractivity contribution is -0.269. The molecule has 1 saturated heterocycles. The molecule has 0 bridgehead atoms. The summed E-state index contributed by atoms with van der Waals surface area (Å²) in [5.41, 5.74) is -0.211. The molecule has 0 aromatic heterocycles. The molecule has 0 unspecified atom stereocenters. The smallest absolute Gasteiger partial charge is 0.109 e. The summed E-state index contributed by atoms with van der Waals surface area (Å²) in [6, 6.07) is 0. The molecule has 44 heavy (non-hydrogen) atoms. The number of hydrogen-bond donors (Lipinski definition) is 5. The largest absolute Gasteiger partial charge is 0.396 e. The van der Waals surface area contributed by atoms with Crippen LogP contribution in [0.15, 0.2) is 0 Å². The highest BCUT2D eigenvalue weighted by atomic mass is 16.5. The van der Waals surface area contributed by atoms with Crippen LogP contribution in [0.1, 0.15) is 126 Å². The maximum absolute atomic E-state index is 12.2. The number of aliphatic hydroxyl groups is 5. The van der Waals surface area contributed by atoms with Crippen LogP contribution in [0.3, 0.4) is 0 Å². The minimum atomic E-state index is -1.32. The number of hydrogen-bond acceptors (Lipinski definition) is 7. The van der Waals surface area contributed by atoms with Gasteiger partial charge >= 0.3 is 0 Å². The molecule has 0 aromatic rings. The molecule has 0 amide bonds. The van der Waals surface area contributed by atoms with Gasteiger partial charge in [0.25, 0.3) is 0 Å². The van der Waals surface area contributed by atoms with Crippen LogP contribution < -0.4 is 0 Å². The molecular weight excluding hydrogens is 556 g/mol. The Balaban J connectivity index is 1.25. The van der Waals surface area contributed by atoms with Crippen LogP contribution in [0.25, 0.3) is 0 Å². The molecule has 254 valence electrons. The topological polar surface area (TPSA) is 120 Å². The monoisotopic (exact) mass is 620 g/mol. The Bertz CT molecular complexity index is 1080. The maximum Gasteiger partial charge on any atom is 0.109 e. The highest BCUT2D eigenvalue weighted by molar-refractivity contribution is 5.20. The SMILES string of the molecule is CC1(C)CCC[C@](C)([C@H]2CC[C@]3(C)[C@@H]2[C@H](O)C[C@H]2[C@@]4(C)CC[C@H](O[C@@H]5C[C@H](CO)[C@@H](O)[C@H](O)[C@H]5O)C(C)(C)[C@@H]4CC[C@]23C)O1. The third kappa shape index (κ3) is 4.75. The average molecular weight is 621 g/mol. The first-order valence-electron chi connectivity index (χ1n) is 18.0. The van der Waals surface area contributed by atoms with Crippen molar-refractivity contribution in [2.24, 2.45) is 51.2 Å². The van der Waals surface area contributed by atoms with E-state index in [1.54, 1.807) is 0 Å². The van der Waals surface area contributed by atoms with E-state index in [1.807, 2.05) is 0 Å². The van der Waals surface area contributed by atoms with Gasteiger partial charge in [-0.25, -0.2) is 0 Å². The fourth-order valence-corrected chi connectivity index (χ4v) is 13.3. The van der Waals surface area contributed by atoms with E-state index >= 15 is 0 Å². The number of ether oxygens (including phenoxy) is 2. The first-order valence-corrected chi connectivity index (χ1v) is 18.0. The number of rotatable bonds is 4. The molecule has 0 aromatic carbocycles. The molecule has 7 heteroatoms. The summed E-state index contributed by atoms with van der Waals surface area (Å²) in [6.07, 6.45) is 6.30. The van der Waals surface area contributed by atoms with E-state index in [4.69, 9.17) is 9.47 Å². The van der Waals surface area contributed by atoms with Crippen LogP contribution in [0.2, 0.25) is 0 Å². The van der Waals surface area contributed by atoms with E-state index in [9.17, 15) is 25.5 Å². The first-order chi connectivity index (χ1) is 20.3. The van der Waals surface area contributed by atoms with Crippen molar-refractivity contribution in [3.8, 4) is 0 Å². The van der Waals surface area contributed by atoms with Gasteiger partial charge in [-0.1, -0.05) is 34.6 Å². The van der Waals surface area contributed by atoms with Gasteiger partial charge in [-0.05, 0) is 137 Å². The first kappa shape index (κ1) is 33.6. The van der Waals surface area contributed by atoms with E-state index < -0.39 is 30.3 Å². The Labute approximate surface area is 266 Å². The van der Waals surface area contributed by atoms with Crippen LogP contribution in [-0.2, 0) is 9.47 Å². The summed E-state index contributed by atoms with van der Waals surface area (Å²) < 4.78 is 13.6. The second-order valence-electron chi connectivity index (χ2n) is 18.7. The lowest BCUT2D eigenvalue weighted by Crippen LogP contribution is -2.67. The molecule has 5 N–H and O–H groups in total. The predicted molar refractivity (Wildman–Crippen MR) is 170 cm³/mol. The summed E-state index contributed by atoms with van der Waals surface area (Å²) in [7, 11) is 0. The summed E-state index contributed by atoms with van der Waals surface area (Å²) >= 11 is 0. The molecule has 0 radical (unpaired) electrons. The minimum absolute atomic E-state index is 0.0575. The Kier molecular flexibility index (Phi) is 8.30. The lowest BCUT2D eigenvalue weighted by atomic mass is 9.35. The molecule has 5 aliphatic carbocycles. The van der Waals surface area contributed by atoms with Crippen molar-refractivity contribution in [3.63, 3.8) is 0 Å². The molecule has 6 fully saturated rings. The third-order valence-corrected chi connectivity index (χ3v) is 15.7. The van der Waals surface area contributed by atoms with Crippen molar-refractivity contribution in [1.29, 1.82) is 0 Å². The van der Waals surface area contributed by atoms with E-state index in [-0.39, 0.29) is 57.6 Å². The fraction of sp³-hybridized carbons (Fsp3) is 1.00. The second kappa shape index (κ2) is 10.9. The van der Waals surface area contributed by atoms with Crippen molar-refractivity contribution in [2.45, 2.75) is 174 Å². The van der Waals surface area contributed by atoms with Crippen molar-refractivity contribution < 1.29 is 35.0 Å². The summed E-state index contributed by atoms with van der Waals surface area (Å²) in [5, 5.41) is 53.7. The Morgan fingerprint density at radius 1 is 0.705 bits per heavy atom. The van der Waals surface area contributed by atoms with Crippen LogP contribution in [0, 0.1) is 51.2 Å². The quantitative estimate of drug-likeness (QED) is 0.292. The van der Waals surface area contributed by atoms with E-state index in [0.29, 0.717) is 24.2 Å². The van der Waals surface area contributed by atoms with Gasteiger partial charge in [-0.3, -0.25) is 0 Å². The molecular formula is C37H64O7. The zero-order valence-electron chi connectivity index (χ0n) is 28.9. The molecule has 7 nitrogen and oxygen atoms in total. The van der Waals surface area contributed by atoms with E-state index in [1.165, 1.54) is 6.42 Å². The summed E-state index contributed by atoms with van der Waals surface area (Å²) in [5.74, 6) is 0.942. The molecule has 1 heterocycles. The Morgan fingerprint density at radius 3 is 2.05 bits per heavy atom. The number of aliphatic hydroxyl groups excluding tert-OH is 5. The van der Waals surface area contributed by atoms with Crippen molar-refractivity contribution >= 4 is 0 Å². The highest BCUT2D eigenvalue weighted by Gasteiger charge is 2.72. The molecule has 6 aliphatic rings. The molecule has 0 spiro atoms. The normalized spacial score (nSPS) is 56.8. The van der Waals surface area contributed by atoms with Crippen molar-refractivity contribution in [2.75, 3.05) is 6.61 Å². The van der Waals surface area contributed by atoms with Gasteiger partial charge in [0.2, 0.25) is 0 Å². The molecule has 6 rings (SSSR count).